The lowest BCUT2D eigenvalue weighted by Crippen LogP contribution is -2.09. The molecule has 4 nitrogen and oxygen atoms in total. The van der Waals surface area contributed by atoms with Crippen LogP contribution < -0.4 is 10.2 Å². The third kappa shape index (κ3) is 15.8. The molecule has 0 fully saturated rings. The van der Waals surface area contributed by atoms with Crippen molar-refractivity contribution in [3.8, 4) is 100 Å². The van der Waals surface area contributed by atoms with E-state index in [4.69, 9.17) is 0 Å². The van der Waals surface area contributed by atoms with Crippen molar-refractivity contribution < 1.29 is 0 Å². The predicted molar refractivity (Wildman–Crippen MR) is 455 cm³/mol. The highest BCUT2D eigenvalue weighted by Crippen LogP contribution is 2.39. The van der Waals surface area contributed by atoms with Gasteiger partial charge in [0.25, 0.3) is 0 Å². The maximum atomic E-state index is 3.50. The van der Waals surface area contributed by atoms with E-state index in [1.807, 2.05) is 12.1 Å². The maximum Gasteiger partial charge on any atom is 0.0528 e. The monoisotopic (exact) mass is 1420 g/mol. The van der Waals surface area contributed by atoms with Crippen LogP contribution >= 0.6 is 15.9 Å². The Morgan fingerprint density at radius 1 is 0.208 bits per heavy atom. The molecule has 0 spiro atoms. The number of benzene rings is 16. The summed E-state index contributed by atoms with van der Waals surface area (Å²) in [5, 5.41) is 5.94. The number of anilines is 5. The predicted octanol–water partition coefficient (Wildman–Crippen LogP) is 28.9. The number of nitrogens with zero attached hydrogens (tertiary/aromatic N) is 3. The molecule has 0 aliphatic rings. The molecule has 2 aromatic heterocycles. The van der Waals surface area contributed by atoms with Gasteiger partial charge in [0.15, 0.2) is 0 Å². The highest BCUT2D eigenvalue weighted by Gasteiger charge is 2.16. The van der Waals surface area contributed by atoms with E-state index in [0.717, 1.165) is 38.6 Å². The van der Waals surface area contributed by atoms with E-state index in [2.05, 4.69) is 460 Å². The highest BCUT2D eigenvalue weighted by atomic mass is 79.9. The number of hydrogen-bond acceptors (Lipinski definition) is 2. The van der Waals surface area contributed by atoms with Gasteiger partial charge in [-0.3, -0.25) is 0 Å². The molecular weight excluding hydrogens is 1350 g/mol. The van der Waals surface area contributed by atoms with Crippen molar-refractivity contribution in [3.05, 3.63) is 442 Å². The molecule has 2 heterocycles. The Bertz CT molecular complexity index is 5650. The number of nitrogens with one attached hydrogen (secondary N) is 1. The lowest BCUT2D eigenvalue weighted by atomic mass is 10.0. The summed E-state index contributed by atoms with van der Waals surface area (Å²) in [4.78, 5) is 2.33. The van der Waals surface area contributed by atoms with Gasteiger partial charge in [-0.15, -0.1) is 0 Å². The van der Waals surface area contributed by atoms with E-state index >= 15 is 0 Å². The summed E-state index contributed by atoms with van der Waals surface area (Å²) >= 11 is 3.50. The standard InChI is InChI=1S/C50H36N2.C26H18BrN.C24H19N.CH4/c1-4-10-37(11-5-1)40-18-27-47(28-19-40)52(48-29-20-41(21-30-48)38-12-6-2-7-13-38)49-31-22-43(23-32-49)42-16-25-46(26-17-42)51-35-34-45-36-44(24-33-50(45)51)39-14-8-3-9-15-39;27-24-11-6-20(7-12-24)21-8-13-25(14-9-21)28-17-16-23-18-22(10-15-26(23)28)19-4-2-1-3-5-19;1-3-7-19(8-4-1)21-11-15-23(16-12-21)25-24-17-13-22(14-18-24)20-9-5-2-6-10-20;/h1-36H;1-18H;1-18,25H;1H4. The van der Waals surface area contributed by atoms with E-state index in [9.17, 15) is 0 Å². The maximum absolute atomic E-state index is 3.50. The van der Waals surface area contributed by atoms with Gasteiger partial charge in [0.2, 0.25) is 0 Å². The summed E-state index contributed by atoms with van der Waals surface area (Å²) < 4.78 is 5.61. The molecule has 0 saturated heterocycles. The second kappa shape index (κ2) is 32.3. The van der Waals surface area contributed by atoms with Crippen LogP contribution in [0.5, 0.6) is 0 Å². The Morgan fingerprint density at radius 3 is 0.698 bits per heavy atom. The Kier molecular flexibility index (Phi) is 20.9. The lowest BCUT2D eigenvalue weighted by molar-refractivity contribution is 1.13. The minimum Gasteiger partial charge on any atom is -0.356 e. The zero-order chi connectivity index (χ0) is 70.5. The smallest absolute Gasteiger partial charge is 0.0528 e. The van der Waals surface area contributed by atoms with Crippen LogP contribution in [0.2, 0.25) is 0 Å². The third-order valence-electron chi connectivity index (χ3n) is 19.3. The number of fused-ring (bicyclic) bond motifs is 2. The number of rotatable bonds is 15. The average molecular weight is 1430 g/mol. The van der Waals surface area contributed by atoms with E-state index in [1.54, 1.807) is 0 Å². The minimum atomic E-state index is 0. The SMILES string of the molecule is Brc1ccc(-c2ccc(-n3ccc4cc(-c5ccccc5)ccc43)cc2)cc1.C.c1ccc(-c2ccc(N(c3ccc(-c4ccccc4)cc3)c3ccc(-c4ccc(-n5ccc6cc(-c7ccccc7)ccc65)cc4)cc3)cc2)cc1.c1ccc(-c2ccc(Nc3ccc(-c4ccccc4)cc3)cc2)cc1. The first-order chi connectivity index (χ1) is 51.9. The van der Waals surface area contributed by atoms with Gasteiger partial charge in [-0.2, -0.15) is 0 Å². The van der Waals surface area contributed by atoms with E-state index < -0.39 is 0 Å². The minimum absolute atomic E-state index is 0. The van der Waals surface area contributed by atoms with Crippen LogP contribution in [0.4, 0.5) is 28.4 Å². The van der Waals surface area contributed by atoms with Gasteiger partial charge < -0.3 is 19.4 Å². The van der Waals surface area contributed by atoms with E-state index in [1.165, 1.54) is 117 Å². The van der Waals surface area contributed by atoms with Crippen LogP contribution in [-0.2, 0) is 0 Å². The fourth-order valence-electron chi connectivity index (χ4n) is 13.7. The van der Waals surface area contributed by atoms with Crippen molar-refractivity contribution in [2.75, 3.05) is 10.2 Å². The van der Waals surface area contributed by atoms with Crippen molar-refractivity contribution in [3.63, 3.8) is 0 Å². The molecule has 0 aliphatic carbocycles. The first kappa shape index (κ1) is 68.4. The Hall–Kier alpha value is -13.3. The second-order valence-electron chi connectivity index (χ2n) is 26.0. The molecule has 18 rings (SSSR count). The van der Waals surface area contributed by atoms with Gasteiger partial charge in [-0.25, -0.2) is 0 Å². The second-order valence-corrected chi connectivity index (χ2v) is 26.9. The van der Waals surface area contributed by atoms with Crippen LogP contribution in [-0.4, -0.2) is 9.13 Å². The zero-order valence-corrected chi connectivity index (χ0v) is 59.4. The molecule has 0 aliphatic heterocycles. The normalized spacial score (nSPS) is 10.8. The Labute approximate surface area is 630 Å². The average Bonchev–Trinajstić information content (AvgIpc) is 1.73. The molecule has 18 aromatic rings. The molecule has 0 radical (unpaired) electrons. The first-order valence-electron chi connectivity index (χ1n) is 35.5. The van der Waals surface area contributed by atoms with Crippen molar-refractivity contribution >= 4 is 66.2 Å². The summed E-state index contributed by atoms with van der Waals surface area (Å²) in [6, 6.07) is 150. The van der Waals surface area contributed by atoms with Crippen molar-refractivity contribution in [2.24, 2.45) is 0 Å². The van der Waals surface area contributed by atoms with Crippen LogP contribution in [0, 0.1) is 0 Å². The molecule has 5 heteroatoms. The van der Waals surface area contributed by atoms with Crippen molar-refractivity contribution in [1.82, 2.24) is 9.13 Å². The van der Waals surface area contributed by atoms with Gasteiger partial charge in [-0.1, -0.05) is 315 Å². The zero-order valence-electron chi connectivity index (χ0n) is 57.8. The largest absolute Gasteiger partial charge is 0.356 e. The molecule has 16 aromatic carbocycles. The number of aromatic nitrogens is 2. The third-order valence-corrected chi connectivity index (χ3v) is 19.8. The molecular formula is C101H77BrN4. The molecule has 508 valence electrons. The molecule has 106 heavy (non-hydrogen) atoms. The van der Waals surface area contributed by atoms with Crippen molar-refractivity contribution in [2.45, 2.75) is 7.43 Å². The number of hydrogen-bond donors (Lipinski definition) is 1. The fraction of sp³-hybridized carbons (Fsp3) is 0.00990. The summed E-state index contributed by atoms with van der Waals surface area (Å²) in [7, 11) is 0. The quantitative estimate of drug-likeness (QED) is 0.111. The lowest BCUT2D eigenvalue weighted by Gasteiger charge is -2.26. The summed E-state index contributed by atoms with van der Waals surface area (Å²) in [6.07, 6.45) is 4.31. The number of halogens is 1. The van der Waals surface area contributed by atoms with Crippen LogP contribution in [0.3, 0.4) is 0 Å². The molecule has 0 unspecified atom stereocenters. The Balaban J connectivity index is 0.000000140. The first-order valence-corrected chi connectivity index (χ1v) is 36.3. The van der Waals surface area contributed by atoms with Gasteiger partial charge in [0.1, 0.15) is 0 Å². The van der Waals surface area contributed by atoms with Gasteiger partial charge in [0, 0.05) is 67.5 Å². The molecule has 0 bridgehead atoms. The molecule has 1 N–H and O–H groups in total. The van der Waals surface area contributed by atoms with Gasteiger partial charge in [-0.05, 0) is 222 Å². The summed E-state index contributed by atoms with van der Waals surface area (Å²) in [6.45, 7) is 0. The summed E-state index contributed by atoms with van der Waals surface area (Å²) in [5.74, 6) is 0. The van der Waals surface area contributed by atoms with Crippen LogP contribution in [0.15, 0.2) is 442 Å². The topological polar surface area (TPSA) is 25.1 Å². The highest BCUT2D eigenvalue weighted by molar-refractivity contribution is 9.10. The van der Waals surface area contributed by atoms with Gasteiger partial charge in [0.05, 0.1) is 11.0 Å². The molecule has 0 atom stereocenters. The molecule has 0 saturated carbocycles. The van der Waals surface area contributed by atoms with E-state index in [0.29, 0.717) is 0 Å². The van der Waals surface area contributed by atoms with Crippen LogP contribution in [0.1, 0.15) is 7.43 Å². The summed E-state index contributed by atoms with van der Waals surface area (Å²) in [5.41, 5.74) is 29.8. The fourth-order valence-corrected chi connectivity index (χ4v) is 13.9. The van der Waals surface area contributed by atoms with E-state index in [-0.39, 0.29) is 7.43 Å². The van der Waals surface area contributed by atoms with Crippen molar-refractivity contribution in [1.29, 1.82) is 0 Å². The van der Waals surface area contributed by atoms with Gasteiger partial charge >= 0.3 is 0 Å². The Morgan fingerprint density at radius 2 is 0.425 bits per heavy atom. The van der Waals surface area contributed by atoms with Crippen LogP contribution in [0.25, 0.3) is 122 Å². The molecule has 0 amide bonds.